The van der Waals surface area contributed by atoms with E-state index in [1.54, 1.807) is 4.68 Å². The van der Waals surface area contributed by atoms with Gasteiger partial charge in [-0.2, -0.15) is 5.10 Å². The van der Waals surface area contributed by atoms with E-state index in [1.807, 2.05) is 7.05 Å². The number of aryl methyl sites for hydroxylation is 2. The Labute approximate surface area is 135 Å². The minimum atomic E-state index is 0.879. The molecular formula is C17H22N6. The molecule has 23 heavy (non-hydrogen) atoms. The molecule has 0 fully saturated rings. The molecule has 6 heteroatoms. The van der Waals surface area contributed by atoms with E-state index in [4.69, 9.17) is 0 Å². The number of benzene rings is 1. The lowest BCUT2D eigenvalue weighted by Gasteiger charge is -2.17. The molecule has 120 valence electrons. The van der Waals surface area contributed by atoms with E-state index in [0.717, 1.165) is 30.5 Å². The van der Waals surface area contributed by atoms with Crippen LogP contribution in [0.2, 0.25) is 0 Å². The predicted octanol–water partition coefficient (Wildman–Crippen LogP) is 2.20. The van der Waals surface area contributed by atoms with Gasteiger partial charge in [0.25, 0.3) is 0 Å². The summed E-state index contributed by atoms with van der Waals surface area (Å²) < 4.78 is 1.80. The third-order valence-corrected chi connectivity index (χ3v) is 4.69. The third kappa shape index (κ3) is 2.74. The fraction of sp³-hybridized carbons (Fsp3) is 0.471. The topological polar surface area (TPSA) is 62.6 Å². The van der Waals surface area contributed by atoms with Gasteiger partial charge in [0.15, 0.2) is 0 Å². The van der Waals surface area contributed by atoms with Gasteiger partial charge in [-0.3, -0.25) is 10.00 Å². The summed E-state index contributed by atoms with van der Waals surface area (Å²) in [6.07, 6.45) is 4.88. The van der Waals surface area contributed by atoms with Gasteiger partial charge in [-0.25, -0.2) is 4.68 Å². The van der Waals surface area contributed by atoms with Crippen LogP contribution in [0.4, 0.5) is 0 Å². The molecule has 3 aromatic rings. The van der Waals surface area contributed by atoms with Gasteiger partial charge in [-0.1, -0.05) is 11.3 Å². The molecule has 0 atom stereocenters. The monoisotopic (exact) mass is 310 g/mol. The van der Waals surface area contributed by atoms with Crippen LogP contribution in [0.25, 0.3) is 11.0 Å². The van der Waals surface area contributed by atoms with Crippen molar-refractivity contribution in [2.75, 3.05) is 7.05 Å². The lowest BCUT2D eigenvalue weighted by Crippen LogP contribution is -2.18. The van der Waals surface area contributed by atoms with E-state index in [-0.39, 0.29) is 0 Å². The van der Waals surface area contributed by atoms with E-state index in [0.29, 0.717) is 0 Å². The Balaban J connectivity index is 1.48. The molecule has 0 unspecified atom stereocenters. The maximum atomic E-state index is 4.54. The van der Waals surface area contributed by atoms with Gasteiger partial charge >= 0.3 is 0 Å². The highest BCUT2D eigenvalue weighted by Crippen LogP contribution is 2.23. The zero-order chi connectivity index (χ0) is 15.8. The molecule has 2 aromatic heterocycles. The van der Waals surface area contributed by atoms with E-state index in [1.165, 1.54) is 41.8 Å². The predicted molar refractivity (Wildman–Crippen MR) is 88.9 cm³/mol. The average molecular weight is 310 g/mol. The maximum absolute atomic E-state index is 4.54. The van der Waals surface area contributed by atoms with Gasteiger partial charge in [-0.05, 0) is 56.0 Å². The van der Waals surface area contributed by atoms with Gasteiger partial charge in [0.1, 0.15) is 5.52 Å². The second-order valence-electron chi connectivity index (χ2n) is 6.54. The van der Waals surface area contributed by atoms with Crippen molar-refractivity contribution in [1.82, 2.24) is 30.1 Å². The van der Waals surface area contributed by atoms with Gasteiger partial charge in [0.05, 0.1) is 11.2 Å². The molecule has 2 heterocycles. The highest BCUT2D eigenvalue weighted by atomic mass is 15.4. The van der Waals surface area contributed by atoms with Crippen molar-refractivity contribution in [3.63, 3.8) is 0 Å². The molecule has 1 aliphatic carbocycles. The summed E-state index contributed by atoms with van der Waals surface area (Å²) in [6.45, 7) is 1.76. The zero-order valence-electron chi connectivity index (χ0n) is 13.7. The summed E-state index contributed by atoms with van der Waals surface area (Å²) >= 11 is 0. The Morgan fingerprint density at radius 2 is 2.09 bits per heavy atom. The van der Waals surface area contributed by atoms with Crippen LogP contribution >= 0.6 is 0 Å². The molecule has 0 aliphatic heterocycles. The number of hydrogen-bond donors (Lipinski definition) is 1. The van der Waals surface area contributed by atoms with Crippen LogP contribution in [0, 0.1) is 0 Å². The first-order valence-corrected chi connectivity index (χ1v) is 8.22. The van der Waals surface area contributed by atoms with Gasteiger partial charge in [-0.15, -0.1) is 5.10 Å². The largest absolute Gasteiger partial charge is 0.296 e. The lowest BCUT2D eigenvalue weighted by molar-refractivity contribution is 0.314. The summed E-state index contributed by atoms with van der Waals surface area (Å²) in [5.74, 6) is 0. The highest BCUT2D eigenvalue weighted by molar-refractivity contribution is 5.74. The van der Waals surface area contributed by atoms with Crippen LogP contribution in [-0.2, 0) is 33.0 Å². The molecule has 6 nitrogen and oxygen atoms in total. The molecule has 1 aliphatic rings. The Morgan fingerprint density at radius 3 is 3.00 bits per heavy atom. The standard InChI is InChI=1S/C17H22N6/c1-22(11-16-13-5-3-4-6-14(13)18-19-16)10-12-7-8-17-15(9-12)20-21-23(17)2/h7-9H,3-6,10-11H2,1-2H3,(H,18,19). The molecule has 1 N–H and O–H groups in total. The number of nitrogens with zero attached hydrogens (tertiary/aromatic N) is 5. The Hall–Kier alpha value is -2.21. The van der Waals surface area contributed by atoms with Crippen LogP contribution in [0.1, 0.15) is 35.4 Å². The summed E-state index contributed by atoms with van der Waals surface area (Å²) in [5, 5.41) is 16.0. The number of rotatable bonds is 4. The quantitative estimate of drug-likeness (QED) is 0.802. The van der Waals surface area contributed by atoms with Crippen LogP contribution in [0.5, 0.6) is 0 Å². The van der Waals surface area contributed by atoms with E-state index in [9.17, 15) is 0 Å². The van der Waals surface area contributed by atoms with E-state index in [2.05, 4.69) is 50.7 Å². The SMILES string of the molecule is CN(Cc1ccc2c(c1)nnn2C)Cc1n[nH]c2c1CCCC2. The van der Waals surface area contributed by atoms with Crippen molar-refractivity contribution in [2.24, 2.45) is 7.05 Å². The number of aromatic amines is 1. The van der Waals surface area contributed by atoms with Gasteiger partial charge in [0.2, 0.25) is 0 Å². The molecule has 0 saturated carbocycles. The number of fused-ring (bicyclic) bond motifs is 2. The van der Waals surface area contributed by atoms with Crippen molar-refractivity contribution < 1.29 is 0 Å². The number of hydrogen-bond acceptors (Lipinski definition) is 4. The highest BCUT2D eigenvalue weighted by Gasteiger charge is 2.17. The van der Waals surface area contributed by atoms with Crippen LogP contribution < -0.4 is 0 Å². The Bertz CT molecular complexity index is 831. The number of aromatic nitrogens is 5. The van der Waals surface area contributed by atoms with Crippen molar-refractivity contribution in [1.29, 1.82) is 0 Å². The summed E-state index contributed by atoms with van der Waals surface area (Å²) in [6, 6.07) is 6.37. The molecular weight excluding hydrogens is 288 g/mol. The van der Waals surface area contributed by atoms with Crippen LogP contribution in [-0.4, -0.2) is 37.1 Å². The molecule has 0 radical (unpaired) electrons. The maximum Gasteiger partial charge on any atom is 0.113 e. The Morgan fingerprint density at radius 1 is 1.22 bits per heavy atom. The third-order valence-electron chi connectivity index (χ3n) is 4.69. The number of H-pyrrole nitrogens is 1. The smallest absolute Gasteiger partial charge is 0.113 e. The first-order valence-electron chi connectivity index (χ1n) is 8.22. The summed E-state index contributed by atoms with van der Waals surface area (Å²) in [4.78, 5) is 2.31. The zero-order valence-corrected chi connectivity index (χ0v) is 13.7. The first-order chi connectivity index (χ1) is 11.2. The minimum Gasteiger partial charge on any atom is -0.296 e. The van der Waals surface area contributed by atoms with Crippen molar-refractivity contribution in [3.8, 4) is 0 Å². The van der Waals surface area contributed by atoms with E-state index < -0.39 is 0 Å². The fourth-order valence-corrected chi connectivity index (χ4v) is 3.49. The van der Waals surface area contributed by atoms with Crippen molar-refractivity contribution in [2.45, 2.75) is 38.8 Å². The molecule has 4 rings (SSSR count). The van der Waals surface area contributed by atoms with Gasteiger partial charge in [0, 0.05) is 25.8 Å². The first kappa shape index (κ1) is 14.4. The van der Waals surface area contributed by atoms with E-state index >= 15 is 0 Å². The average Bonchev–Trinajstić information content (AvgIpc) is 3.12. The normalized spacial score (nSPS) is 14.6. The Kier molecular flexibility index (Phi) is 3.61. The molecule has 1 aromatic carbocycles. The molecule has 0 saturated heterocycles. The van der Waals surface area contributed by atoms with Crippen molar-refractivity contribution in [3.05, 3.63) is 40.7 Å². The summed E-state index contributed by atoms with van der Waals surface area (Å²) in [5.41, 5.74) is 7.29. The summed E-state index contributed by atoms with van der Waals surface area (Å²) in [7, 11) is 4.06. The van der Waals surface area contributed by atoms with Gasteiger partial charge < -0.3 is 0 Å². The molecule has 0 bridgehead atoms. The van der Waals surface area contributed by atoms with Crippen LogP contribution in [0.3, 0.4) is 0 Å². The molecule has 0 amide bonds. The minimum absolute atomic E-state index is 0.879. The second kappa shape index (κ2) is 5.77. The molecule has 0 spiro atoms. The second-order valence-corrected chi connectivity index (χ2v) is 6.54. The fourth-order valence-electron chi connectivity index (χ4n) is 3.49. The number of nitrogens with one attached hydrogen (secondary N) is 1. The van der Waals surface area contributed by atoms with Crippen molar-refractivity contribution >= 4 is 11.0 Å². The van der Waals surface area contributed by atoms with Crippen LogP contribution in [0.15, 0.2) is 18.2 Å². The lowest BCUT2D eigenvalue weighted by atomic mass is 9.96.